The summed E-state index contributed by atoms with van der Waals surface area (Å²) in [5, 5.41) is 33.3. The van der Waals surface area contributed by atoms with Gasteiger partial charge < -0.3 is 44.2 Å². The van der Waals surface area contributed by atoms with Crippen molar-refractivity contribution in [2.24, 2.45) is 0 Å². The van der Waals surface area contributed by atoms with E-state index in [0.717, 1.165) is 0 Å². The molecule has 4 atom stereocenters. The van der Waals surface area contributed by atoms with E-state index < -0.39 is 30.1 Å². The number of furan rings is 1. The number of amides is 2. The Hall–Kier alpha value is -3.38. The van der Waals surface area contributed by atoms with Crippen LogP contribution in [0, 0.1) is 0 Å². The predicted octanol–water partition coefficient (Wildman–Crippen LogP) is 0.468. The highest BCUT2D eigenvalue weighted by Gasteiger charge is 2.51. The fourth-order valence-corrected chi connectivity index (χ4v) is 4.89. The van der Waals surface area contributed by atoms with E-state index >= 15 is 0 Å². The lowest BCUT2D eigenvalue weighted by Gasteiger charge is -2.40. The van der Waals surface area contributed by atoms with Crippen molar-refractivity contribution in [2.45, 2.75) is 43.7 Å². The molecule has 200 valence electrons. The van der Waals surface area contributed by atoms with Crippen LogP contribution >= 0.6 is 0 Å². The second-order valence-corrected chi connectivity index (χ2v) is 8.91. The van der Waals surface area contributed by atoms with E-state index in [1.807, 2.05) is 0 Å². The SMILES string of the molecule is COCCC(=O)N(Cc1ccoc1)C1C=C(C(=O)NCCO)C2c3cc(CO)cc(OC)c3OC2C1O. The van der Waals surface area contributed by atoms with Crippen molar-refractivity contribution >= 4 is 11.8 Å². The summed E-state index contributed by atoms with van der Waals surface area (Å²) in [5.41, 5.74) is 2.14. The summed E-state index contributed by atoms with van der Waals surface area (Å²) in [6, 6.07) is 4.16. The van der Waals surface area contributed by atoms with Gasteiger partial charge in [-0.05, 0) is 29.8 Å². The third kappa shape index (κ3) is 5.35. The Morgan fingerprint density at radius 1 is 1.19 bits per heavy atom. The molecule has 2 heterocycles. The summed E-state index contributed by atoms with van der Waals surface area (Å²) in [7, 11) is 2.96. The predicted molar refractivity (Wildman–Crippen MR) is 130 cm³/mol. The number of benzene rings is 1. The topological polar surface area (TPSA) is 151 Å². The molecule has 4 unspecified atom stereocenters. The molecule has 0 fully saturated rings. The number of aliphatic hydroxyl groups is 3. The van der Waals surface area contributed by atoms with Gasteiger partial charge in [0.05, 0.1) is 57.8 Å². The quantitative estimate of drug-likeness (QED) is 0.334. The molecule has 4 N–H and O–H groups in total. The van der Waals surface area contributed by atoms with Crippen LogP contribution in [-0.4, -0.2) is 84.3 Å². The lowest BCUT2D eigenvalue weighted by Crippen LogP contribution is -2.55. The van der Waals surface area contributed by atoms with Crippen LogP contribution in [0.1, 0.15) is 29.0 Å². The van der Waals surface area contributed by atoms with Gasteiger partial charge in [0.2, 0.25) is 11.8 Å². The second-order valence-electron chi connectivity index (χ2n) is 8.91. The van der Waals surface area contributed by atoms with E-state index in [9.17, 15) is 24.9 Å². The van der Waals surface area contributed by atoms with Crippen LogP contribution in [0.15, 0.2) is 46.8 Å². The average molecular weight is 517 g/mol. The number of methoxy groups -OCH3 is 2. The van der Waals surface area contributed by atoms with Crippen LogP contribution < -0.4 is 14.8 Å². The van der Waals surface area contributed by atoms with Crippen molar-refractivity contribution in [1.82, 2.24) is 10.2 Å². The van der Waals surface area contributed by atoms with Gasteiger partial charge in [-0.15, -0.1) is 0 Å². The number of aliphatic hydroxyl groups excluding tert-OH is 3. The zero-order valence-electron chi connectivity index (χ0n) is 20.8. The minimum atomic E-state index is -1.20. The van der Waals surface area contributed by atoms with Crippen LogP contribution in [0.4, 0.5) is 0 Å². The number of fused-ring (bicyclic) bond motifs is 3. The van der Waals surface area contributed by atoms with E-state index in [0.29, 0.717) is 28.2 Å². The van der Waals surface area contributed by atoms with Gasteiger partial charge in [0, 0.05) is 36.9 Å². The Morgan fingerprint density at radius 3 is 2.65 bits per heavy atom. The minimum Gasteiger partial charge on any atom is -0.493 e. The Bertz CT molecular complexity index is 1130. The van der Waals surface area contributed by atoms with Gasteiger partial charge in [0.1, 0.15) is 12.2 Å². The first kappa shape index (κ1) is 26.7. The largest absolute Gasteiger partial charge is 0.493 e. The number of carbonyl (C=O) groups is 2. The van der Waals surface area contributed by atoms with Gasteiger partial charge in [-0.3, -0.25) is 9.59 Å². The van der Waals surface area contributed by atoms with Gasteiger partial charge in [0.25, 0.3) is 0 Å². The summed E-state index contributed by atoms with van der Waals surface area (Å²) in [6.45, 7) is -0.164. The molecule has 2 aromatic rings. The first-order chi connectivity index (χ1) is 17.9. The van der Waals surface area contributed by atoms with Crippen molar-refractivity contribution in [3.8, 4) is 11.5 Å². The molecule has 37 heavy (non-hydrogen) atoms. The van der Waals surface area contributed by atoms with Crippen LogP contribution in [-0.2, 0) is 27.5 Å². The number of nitrogens with zero attached hydrogens (tertiary/aromatic N) is 1. The maximum Gasteiger partial charge on any atom is 0.247 e. The summed E-state index contributed by atoms with van der Waals surface area (Å²) < 4.78 is 21.9. The fourth-order valence-electron chi connectivity index (χ4n) is 4.89. The molecule has 11 nitrogen and oxygen atoms in total. The van der Waals surface area contributed by atoms with E-state index in [1.165, 1.54) is 31.6 Å². The normalized spacial score (nSPS) is 21.9. The maximum atomic E-state index is 13.3. The summed E-state index contributed by atoms with van der Waals surface area (Å²) in [5.74, 6) is -0.709. The van der Waals surface area contributed by atoms with Crippen molar-refractivity contribution in [1.29, 1.82) is 0 Å². The molecule has 11 heteroatoms. The van der Waals surface area contributed by atoms with Gasteiger partial charge in [-0.25, -0.2) is 0 Å². The number of nitrogens with one attached hydrogen (secondary N) is 1. The molecule has 1 aromatic carbocycles. The third-order valence-electron chi connectivity index (χ3n) is 6.63. The highest BCUT2D eigenvalue weighted by atomic mass is 16.5. The van der Waals surface area contributed by atoms with Crippen LogP contribution in [0.2, 0.25) is 0 Å². The van der Waals surface area contributed by atoms with E-state index in [4.69, 9.17) is 18.6 Å². The number of hydrogen-bond acceptors (Lipinski definition) is 9. The first-order valence-electron chi connectivity index (χ1n) is 12.0. The molecule has 1 aromatic heterocycles. The summed E-state index contributed by atoms with van der Waals surface area (Å²) in [4.78, 5) is 28.1. The highest BCUT2D eigenvalue weighted by Crippen LogP contribution is 2.51. The Balaban J connectivity index is 1.79. The van der Waals surface area contributed by atoms with Crippen molar-refractivity contribution in [2.75, 3.05) is 34.0 Å². The molecule has 1 aliphatic heterocycles. The van der Waals surface area contributed by atoms with E-state index in [1.54, 1.807) is 24.3 Å². The molecule has 2 aliphatic rings. The van der Waals surface area contributed by atoms with Crippen molar-refractivity contribution in [3.05, 3.63) is 59.1 Å². The third-order valence-corrected chi connectivity index (χ3v) is 6.63. The Labute approximate surface area is 214 Å². The van der Waals surface area contributed by atoms with Crippen molar-refractivity contribution < 1.29 is 43.5 Å². The second kappa shape index (κ2) is 11.8. The zero-order chi connectivity index (χ0) is 26.5. The zero-order valence-corrected chi connectivity index (χ0v) is 20.8. The van der Waals surface area contributed by atoms with Crippen LogP contribution in [0.3, 0.4) is 0 Å². The standard InChI is InChI=1S/C26H32N2O9/c1-34-7-4-21(31)28(12-15-3-8-36-14-15)19-11-18(26(33)27-5-6-29)22-17-9-16(13-30)10-20(35-2)24(17)37-25(22)23(19)32/h3,8-11,14,19,22-23,25,29-30,32H,4-7,12-13H2,1-2H3,(H,27,33). The highest BCUT2D eigenvalue weighted by molar-refractivity contribution is 5.96. The number of carbonyl (C=O) groups excluding carboxylic acids is 2. The lowest BCUT2D eigenvalue weighted by atomic mass is 9.77. The molecule has 0 saturated carbocycles. The summed E-state index contributed by atoms with van der Waals surface area (Å²) in [6.07, 6.45) is 2.54. The van der Waals surface area contributed by atoms with Crippen LogP contribution in [0.5, 0.6) is 11.5 Å². The smallest absolute Gasteiger partial charge is 0.247 e. The summed E-state index contributed by atoms with van der Waals surface area (Å²) >= 11 is 0. The number of ether oxygens (including phenoxy) is 3. The Morgan fingerprint density at radius 2 is 2.00 bits per heavy atom. The lowest BCUT2D eigenvalue weighted by molar-refractivity contribution is -0.139. The maximum absolute atomic E-state index is 13.3. The number of rotatable bonds is 11. The molecule has 2 amide bonds. The monoisotopic (exact) mass is 516 g/mol. The number of hydrogen-bond donors (Lipinski definition) is 4. The van der Waals surface area contributed by atoms with Crippen LogP contribution in [0.25, 0.3) is 0 Å². The molecule has 0 spiro atoms. The molecule has 1 aliphatic carbocycles. The van der Waals surface area contributed by atoms with Gasteiger partial charge in [-0.2, -0.15) is 0 Å². The molecule has 4 rings (SSSR count). The van der Waals surface area contributed by atoms with Gasteiger partial charge in [-0.1, -0.05) is 0 Å². The van der Waals surface area contributed by atoms with E-state index in [2.05, 4.69) is 5.32 Å². The molecular formula is C26H32N2O9. The molecule has 0 bridgehead atoms. The molecule has 0 radical (unpaired) electrons. The average Bonchev–Trinajstić information content (AvgIpc) is 3.57. The van der Waals surface area contributed by atoms with Gasteiger partial charge >= 0.3 is 0 Å². The molecule has 0 saturated heterocycles. The van der Waals surface area contributed by atoms with Crippen molar-refractivity contribution in [3.63, 3.8) is 0 Å². The first-order valence-corrected chi connectivity index (χ1v) is 12.0. The Kier molecular flexibility index (Phi) is 8.49. The van der Waals surface area contributed by atoms with E-state index in [-0.39, 0.29) is 50.8 Å². The minimum absolute atomic E-state index is 0.0278. The van der Waals surface area contributed by atoms with Gasteiger partial charge in [0.15, 0.2) is 11.5 Å². The molecular weight excluding hydrogens is 484 g/mol. The fraction of sp³-hybridized carbons (Fsp3) is 0.462.